The number of carbonyl (C=O) groups excluding carboxylic acids is 2. The predicted octanol–water partition coefficient (Wildman–Crippen LogP) is 2.37. The molecule has 0 unspecified atom stereocenters. The highest BCUT2D eigenvalue weighted by molar-refractivity contribution is 8.00. The number of hydrogen-bond acceptors (Lipinski definition) is 3. The average molecular weight is 285 g/mol. The second kappa shape index (κ2) is 5.63. The van der Waals surface area contributed by atoms with Crippen LogP contribution < -0.4 is 5.32 Å². The maximum atomic E-state index is 12.1. The van der Waals surface area contributed by atoms with Crippen LogP contribution in [0.25, 0.3) is 0 Å². The van der Waals surface area contributed by atoms with Gasteiger partial charge < -0.3 is 5.32 Å². The highest BCUT2D eigenvalue weighted by Gasteiger charge is 2.29. The number of carbonyl (C=O) groups is 2. The van der Waals surface area contributed by atoms with Gasteiger partial charge in [-0.2, -0.15) is 0 Å². The number of benzene rings is 1. The van der Waals surface area contributed by atoms with E-state index in [4.69, 9.17) is 11.6 Å². The van der Waals surface area contributed by atoms with Crippen LogP contribution in [0.3, 0.4) is 0 Å². The Balaban J connectivity index is 2.01. The van der Waals surface area contributed by atoms with Gasteiger partial charge in [-0.3, -0.25) is 9.69 Å². The summed E-state index contributed by atoms with van der Waals surface area (Å²) in [6.45, 7) is 2.76. The quantitative estimate of drug-likeness (QED) is 0.867. The molecule has 96 valence electrons. The van der Waals surface area contributed by atoms with Gasteiger partial charge in [0, 0.05) is 23.0 Å². The van der Waals surface area contributed by atoms with E-state index >= 15 is 0 Å². The molecule has 0 bridgehead atoms. The predicted molar refractivity (Wildman–Crippen MR) is 71.9 cm³/mol. The molecule has 1 saturated heterocycles. The molecule has 1 aromatic carbocycles. The Bertz CT molecular complexity index is 481. The molecule has 6 heteroatoms. The Morgan fingerprint density at radius 2 is 2.33 bits per heavy atom. The van der Waals surface area contributed by atoms with Crippen LogP contribution in [0.15, 0.2) is 29.2 Å². The highest BCUT2D eigenvalue weighted by Crippen LogP contribution is 2.26. The van der Waals surface area contributed by atoms with Crippen LogP contribution in [-0.2, 0) is 4.79 Å². The van der Waals surface area contributed by atoms with E-state index in [1.165, 1.54) is 16.7 Å². The molecule has 1 fully saturated rings. The van der Waals surface area contributed by atoms with Crippen LogP contribution in [-0.4, -0.2) is 35.2 Å². The standard InChI is InChI=1S/C12H13ClN2O2S/c1-8(11(16)15-6-5-14-12(15)17)18-10-4-2-3-9(13)7-10/h2-4,7-8H,5-6H2,1H3,(H,14,17)/t8-/m0/s1. The van der Waals surface area contributed by atoms with Crippen molar-refractivity contribution in [3.63, 3.8) is 0 Å². The van der Waals surface area contributed by atoms with Gasteiger partial charge in [0.2, 0.25) is 5.91 Å². The number of imide groups is 1. The maximum absolute atomic E-state index is 12.1. The molecule has 0 radical (unpaired) electrons. The van der Waals surface area contributed by atoms with E-state index in [1.54, 1.807) is 19.1 Å². The van der Waals surface area contributed by atoms with Gasteiger partial charge in [0.1, 0.15) is 0 Å². The van der Waals surface area contributed by atoms with Gasteiger partial charge in [0.25, 0.3) is 0 Å². The van der Waals surface area contributed by atoms with Crippen molar-refractivity contribution in [2.75, 3.05) is 13.1 Å². The van der Waals surface area contributed by atoms with Gasteiger partial charge in [0.05, 0.1) is 5.25 Å². The number of amides is 3. The van der Waals surface area contributed by atoms with Crippen molar-refractivity contribution >= 4 is 35.3 Å². The summed E-state index contributed by atoms with van der Waals surface area (Å²) in [5, 5.41) is 2.94. The molecule has 1 atom stereocenters. The summed E-state index contributed by atoms with van der Waals surface area (Å²) in [7, 11) is 0. The van der Waals surface area contributed by atoms with Crippen LogP contribution in [0.2, 0.25) is 5.02 Å². The Morgan fingerprint density at radius 1 is 1.56 bits per heavy atom. The van der Waals surface area contributed by atoms with E-state index in [1.807, 2.05) is 12.1 Å². The zero-order chi connectivity index (χ0) is 13.1. The second-order valence-electron chi connectivity index (χ2n) is 3.94. The summed E-state index contributed by atoms with van der Waals surface area (Å²) in [5.74, 6) is -0.171. The Labute approximate surface area is 115 Å². The van der Waals surface area contributed by atoms with Crippen molar-refractivity contribution in [3.05, 3.63) is 29.3 Å². The van der Waals surface area contributed by atoms with Gasteiger partial charge in [-0.25, -0.2) is 4.79 Å². The topological polar surface area (TPSA) is 49.4 Å². The second-order valence-corrected chi connectivity index (χ2v) is 5.79. The molecule has 2 rings (SSSR count). The fraction of sp³-hybridized carbons (Fsp3) is 0.333. The molecular formula is C12H13ClN2O2S. The molecule has 3 amide bonds. The van der Waals surface area contributed by atoms with Gasteiger partial charge in [0.15, 0.2) is 0 Å². The molecule has 1 aliphatic rings. The number of hydrogen-bond donors (Lipinski definition) is 1. The molecule has 1 aromatic rings. The van der Waals surface area contributed by atoms with E-state index in [0.29, 0.717) is 18.1 Å². The number of halogens is 1. The van der Waals surface area contributed by atoms with Crippen molar-refractivity contribution in [2.45, 2.75) is 17.1 Å². The third-order valence-corrected chi connectivity index (χ3v) is 3.90. The maximum Gasteiger partial charge on any atom is 0.324 e. The fourth-order valence-electron chi connectivity index (χ4n) is 1.70. The van der Waals surface area contributed by atoms with Crippen LogP contribution in [0.4, 0.5) is 4.79 Å². The number of nitrogens with one attached hydrogen (secondary N) is 1. The lowest BCUT2D eigenvalue weighted by Gasteiger charge is -2.17. The van der Waals surface area contributed by atoms with Gasteiger partial charge >= 0.3 is 6.03 Å². The molecule has 1 aliphatic heterocycles. The van der Waals surface area contributed by atoms with Crippen LogP contribution >= 0.6 is 23.4 Å². The zero-order valence-corrected chi connectivity index (χ0v) is 11.4. The lowest BCUT2D eigenvalue weighted by atomic mass is 10.4. The fourth-order valence-corrected chi connectivity index (χ4v) is 2.94. The van der Waals surface area contributed by atoms with E-state index < -0.39 is 0 Å². The van der Waals surface area contributed by atoms with E-state index in [0.717, 1.165) is 4.90 Å². The Morgan fingerprint density at radius 3 is 2.94 bits per heavy atom. The number of urea groups is 1. The summed E-state index contributed by atoms with van der Waals surface area (Å²) in [5.41, 5.74) is 0. The minimum atomic E-state index is -0.313. The van der Waals surface area contributed by atoms with E-state index in [-0.39, 0.29) is 17.2 Å². The molecule has 0 saturated carbocycles. The molecule has 1 heterocycles. The summed E-state index contributed by atoms with van der Waals surface area (Å²) in [4.78, 5) is 25.6. The minimum absolute atomic E-state index is 0.171. The third-order valence-electron chi connectivity index (χ3n) is 2.58. The first-order valence-electron chi connectivity index (χ1n) is 5.59. The lowest BCUT2D eigenvalue weighted by Crippen LogP contribution is -2.38. The van der Waals surface area contributed by atoms with Gasteiger partial charge in [-0.1, -0.05) is 17.7 Å². The monoisotopic (exact) mass is 284 g/mol. The smallest absolute Gasteiger partial charge is 0.324 e. The minimum Gasteiger partial charge on any atom is -0.336 e. The van der Waals surface area contributed by atoms with E-state index in [2.05, 4.69) is 5.32 Å². The van der Waals surface area contributed by atoms with E-state index in [9.17, 15) is 9.59 Å². The number of nitrogens with zero attached hydrogens (tertiary/aromatic N) is 1. The summed E-state index contributed by atoms with van der Waals surface area (Å²) >= 11 is 7.28. The largest absolute Gasteiger partial charge is 0.336 e. The molecule has 4 nitrogen and oxygen atoms in total. The summed E-state index contributed by atoms with van der Waals surface area (Å²) in [6.07, 6.45) is 0. The van der Waals surface area contributed by atoms with Gasteiger partial charge in [-0.15, -0.1) is 11.8 Å². The average Bonchev–Trinajstić information content (AvgIpc) is 2.74. The lowest BCUT2D eigenvalue weighted by molar-refractivity contribution is -0.126. The van der Waals surface area contributed by atoms with Crippen LogP contribution in [0.1, 0.15) is 6.92 Å². The zero-order valence-electron chi connectivity index (χ0n) is 9.85. The summed E-state index contributed by atoms with van der Waals surface area (Å²) in [6, 6.07) is 7.01. The molecule has 0 spiro atoms. The SMILES string of the molecule is C[C@H](Sc1cccc(Cl)c1)C(=O)N1CCNC1=O. The van der Waals surface area contributed by atoms with Crippen molar-refractivity contribution in [1.29, 1.82) is 0 Å². The first-order chi connectivity index (χ1) is 8.58. The third kappa shape index (κ3) is 2.97. The highest BCUT2D eigenvalue weighted by atomic mass is 35.5. The van der Waals surface area contributed by atoms with Gasteiger partial charge in [-0.05, 0) is 25.1 Å². The summed E-state index contributed by atoms with van der Waals surface area (Å²) < 4.78 is 0. The van der Waals surface area contributed by atoms with Crippen LogP contribution in [0.5, 0.6) is 0 Å². The molecular weight excluding hydrogens is 272 g/mol. The first kappa shape index (κ1) is 13.2. The van der Waals surface area contributed by atoms with Crippen molar-refractivity contribution in [2.24, 2.45) is 0 Å². The van der Waals surface area contributed by atoms with Crippen molar-refractivity contribution in [1.82, 2.24) is 10.2 Å². The van der Waals surface area contributed by atoms with Crippen molar-refractivity contribution in [3.8, 4) is 0 Å². The normalized spacial score (nSPS) is 16.6. The first-order valence-corrected chi connectivity index (χ1v) is 6.85. The Hall–Kier alpha value is -1.20. The number of thioether (sulfide) groups is 1. The molecule has 18 heavy (non-hydrogen) atoms. The van der Waals surface area contributed by atoms with Crippen LogP contribution in [0, 0.1) is 0 Å². The Kier molecular flexibility index (Phi) is 4.14. The molecule has 0 aliphatic carbocycles. The number of rotatable bonds is 3. The molecule has 0 aromatic heterocycles. The van der Waals surface area contributed by atoms with Crippen molar-refractivity contribution < 1.29 is 9.59 Å². The molecule has 1 N–H and O–H groups in total.